The molecule has 17 rings (SSSR count). The zero-order chi connectivity index (χ0) is 62.4. The summed E-state index contributed by atoms with van der Waals surface area (Å²) in [5, 5.41) is 2.29. The van der Waals surface area contributed by atoms with Gasteiger partial charge in [0, 0.05) is 67.4 Å². The number of hydrogen-bond donors (Lipinski definition) is 0. The van der Waals surface area contributed by atoms with Crippen LogP contribution in [0.1, 0.15) is 220 Å². The number of rotatable bonds is 4. The second-order valence-electron chi connectivity index (χ2n) is 34.0. The van der Waals surface area contributed by atoms with Crippen LogP contribution in [0.5, 0.6) is 0 Å². The zero-order valence-corrected chi connectivity index (χ0v) is 56.6. The molecule has 0 bridgehead atoms. The summed E-state index contributed by atoms with van der Waals surface area (Å²) in [5.41, 5.74) is 28.8. The van der Waals surface area contributed by atoms with Gasteiger partial charge in [0.2, 0.25) is 0 Å². The van der Waals surface area contributed by atoms with Crippen molar-refractivity contribution in [3.05, 3.63) is 185 Å². The molecule has 0 saturated heterocycles. The largest absolute Gasteiger partial charge is 0.456 e. The second kappa shape index (κ2) is 18.3. The van der Waals surface area contributed by atoms with Crippen molar-refractivity contribution in [3.63, 3.8) is 0 Å². The van der Waals surface area contributed by atoms with Gasteiger partial charge in [-0.1, -0.05) is 188 Å². The highest BCUT2D eigenvalue weighted by molar-refractivity contribution is 7.00. The first-order valence-electron chi connectivity index (χ1n) is 34.7. The predicted octanol–water partition coefficient (Wildman–Crippen LogP) is 21.1. The van der Waals surface area contributed by atoms with Crippen LogP contribution >= 0.6 is 0 Å². The lowest BCUT2D eigenvalue weighted by Gasteiger charge is -2.52. The number of para-hydroxylation sites is 2. The highest BCUT2D eigenvalue weighted by Gasteiger charge is 2.60. The molecule has 6 heteroatoms. The van der Waals surface area contributed by atoms with E-state index in [0.29, 0.717) is 0 Å². The molecule has 4 aliphatic carbocycles. The van der Waals surface area contributed by atoms with Crippen molar-refractivity contribution >= 4 is 102 Å². The van der Waals surface area contributed by atoms with Crippen molar-refractivity contribution in [3.8, 4) is 0 Å². The summed E-state index contributed by atoms with van der Waals surface area (Å²) in [7, 11) is 0. The van der Waals surface area contributed by atoms with E-state index in [9.17, 15) is 0 Å². The maximum Gasteiger partial charge on any atom is 0.252 e. The molecule has 5 nitrogen and oxygen atoms in total. The Bertz CT molecular complexity index is 4570. The van der Waals surface area contributed by atoms with E-state index < -0.39 is 0 Å². The average Bonchev–Trinajstić information content (AvgIpc) is 1.10. The van der Waals surface area contributed by atoms with Crippen molar-refractivity contribution < 1.29 is 4.42 Å². The van der Waals surface area contributed by atoms with Gasteiger partial charge in [-0.15, -0.1) is 0 Å². The molecule has 0 radical (unpaired) electrons. The number of furan rings is 1. The minimum Gasteiger partial charge on any atom is -0.456 e. The molecule has 2 saturated carbocycles. The lowest BCUT2D eigenvalue weighted by molar-refractivity contribution is 0.195. The summed E-state index contributed by atoms with van der Waals surface area (Å²) in [6.07, 6.45) is 14.2. The van der Waals surface area contributed by atoms with Crippen molar-refractivity contribution in [2.75, 3.05) is 19.6 Å². The highest BCUT2D eigenvalue weighted by Crippen LogP contribution is 2.65. The van der Waals surface area contributed by atoms with Gasteiger partial charge in [-0.3, -0.25) is 0 Å². The number of benzene rings is 8. The van der Waals surface area contributed by atoms with Gasteiger partial charge in [0.1, 0.15) is 11.2 Å². The normalized spacial score (nSPS) is 26.1. The van der Waals surface area contributed by atoms with E-state index >= 15 is 0 Å². The fourth-order valence-electron chi connectivity index (χ4n) is 20.2. The van der Waals surface area contributed by atoms with E-state index in [1.54, 1.807) is 0 Å². The molecular formula is C84H93BN4O. The van der Waals surface area contributed by atoms with E-state index in [1.165, 1.54) is 145 Å². The van der Waals surface area contributed by atoms with Crippen LogP contribution in [0.15, 0.2) is 150 Å². The quantitative estimate of drug-likeness (QED) is 0.164. The van der Waals surface area contributed by atoms with Crippen LogP contribution in [0.3, 0.4) is 0 Å². The summed E-state index contributed by atoms with van der Waals surface area (Å²) in [6, 6.07) is 59.0. The smallest absolute Gasteiger partial charge is 0.252 e. The molecule has 0 N–H and O–H groups in total. The van der Waals surface area contributed by atoms with Gasteiger partial charge in [-0.05, 0) is 220 Å². The van der Waals surface area contributed by atoms with Crippen molar-refractivity contribution in [2.45, 2.75) is 230 Å². The van der Waals surface area contributed by atoms with Gasteiger partial charge in [-0.2, -0.15) is 0 Å². The van der Waals surface area contributed by atoms with Gasteiger partial charge >= 0.3 is 0 Å². The molecule has 9 aromatic rings. The fourth-order valence-corrected chi connectivity index (χ4v) is 20.2. The van der Waals surface area contributed by atoms with Crippen LogP contribution in [0.4, 0.5) is 56.9 Å². The van der Waals surface area contributed by atoms with Gasteiger partial charge in [0.15, 0.2) is 0 Å². The Kier molecular flexibility index (Phi) is 11.6. The zero-order valence-electron chi connectivity index (χ0n) is 56.6. The summed E-state index contributed by atoms with van der Waals surface area (Å²) in [6.45, 7) is 37.6. The lowest BCUT2D eigenvalue weighted by atomic mass is 9.33. The van der Waals surface area contributed by atoms with Crippen molar-refractivity contribution in [2.24, 2.45) is 0 Å². The maximum atomic E-state index is 6.96. The van der Waals surface area contributed by atoms with E-state index in [2.05, 4.69) is 269 Å². The van der Waals surface area contributed by atoms with Crippen molar-refractivity contribution in [1.82, 2.24) is 0 Å². The molecular weight excluding hydrogens is 1090 g/mol. The Labute approximate surface area is 537 Å². The van der Waals surface area contributed by atoms with Crippen LogP contribution in [-0.2, 0) is 37.9 Å². The van der Waals surface area contributed by atoms with Crippen LogP contribution in [0.2, 0.25) is 0 Å². The minimum atomic E-state index is -0.200. The van der Waals surface area contributed by atoms with E-state index in [0.717, 1.165) is 66.2 Å². The van der Waals surface area contributed by atoms with Crippen molar-refractivity contribution in [1.29, 1.82) is 0 Å². The van der Waals surface area contributed by atoms with Gasteiger partial charge in [-0.25, -0.2) is 0 Å². The number of anilines is 10. The summed E-state index contributed by atoms with van der Waals surface area (Å²) < 4.78 is 6.96. The Hall–Kier alpha value is -7.18. The molecule has 0 spiro atoms. The average molecular weight is 1190 g/mol. The number of fused-ring (bicyclic) bond motifs is 15. The predicted molar refractivity (Wildman–Crippen MR) is 383 cm³/mol. The monoisotopic (exact) mass is 1180 g/mol. The molecule has 0 amide bonds. The van der Waals surface area contributed by atoms with Crippen LogP contribution in [0, 0.1) is 0 Å². The molecule has 4 aliphatic heterocycles. The SMILES string of the molecule is CC(C)(C)c1ccc2c(c1)C1(C)CCCCC1(C)N2c1cc2c3c(c1)N(c1cccc4oc5ccccc5c14)c1cc(N4c5ccccc5C5(C)CCCCC45C)ccc1B3c1cc3c(cc1N2c1ccc2c(c1)C(C)(C)CCC2(C)C)C(C)(C)CCC3(C)C. The highest BCUT2D eigenvalue weighted by atomic mass is 16.3. The Morgan fingerprint density at radius 1 is 0.367 bits per heavy atom. The molecule has 8 aliphatic rings. The van der Waals surface area contributed by atoms with E-state index in [4.69, 9.17) is 4.42 Å². The molecule has 2 fully saturated rings. The lowest BCUT2D eigenvalue weighted by Crippen LogP contribution is -2.62. The Balaban J connectivity index is 1.03. The standard InChI is InChI=1S/C84H93BN4O/c1-76(2,3)52-31-36-66-62(45-52)82(13)38-21-23-40-84(82,15)89(66)55-48-70-75-71(49-55)87(67-28-24-30-73-74(67)56-25-16-19-29-72(56)90-73)68-47-54(88-65-27-18-17-26-58(65)81(12)37-20-22-39-83(81,88)14)33-35-63(68)85(75)64-50-60-61(80(10,11)44-43-79(60,8)9)51-69(64)86(70)53-32-34-57-59(46-53)78(6,7)42-41-77(57,4)5/h16-19,24-36,45-51H,20-23,37-44H2,1-15H3. The fraction of sp³-hybridized carbons (Fsp3) is 0.429. The van der Waals surface area contributed by atoms with Gasteiger partial charge in [0.25, 0.3) is 6.71 Å². The first kappa shape index (κ1) is 56.8. The van der Waals surface area contributed by atoms with Gasteiger partial charge < -0.3 is 24.0 Å². The Morgan fingerprint density at radius 3 is 1.60 bits per heavy atom. The first-order chi connectivity index (χ1) is 42.7. The molecule has 5 heterocycles. The molecule has 4 atom stereocenters. The molecule has 90 heavy (non-hydrogen) atoms. The van der Waals surface area contributed by atoms with Gasteiger partial charge in [0.05, 0.1) is 22.2 Å². The second-order valence-corrected chi connectivity index (χ2v) is 34.0. The summed E-state index contributed by atoms with van der Waals surface area (Å²) in [5.74, 6) is 0. The van der Waals surface area contributed by atoms with Crippen LogP contribution < -0.4 is 36.0 Å². The Morgan fingerprint density at radius 2 is 0.900 bits per heavy atom. The molecule has 8 aromatic carbocycles. The van der Waals surface area contributed by atoms with E-state index in [1.807, 2.05) is 0 Å². The third-order valence-corrected chi connectivity index (χ3v) is 26.2. The summed E-state index contributed by atoms with van der Waals surface area (Å²) in [4.78, 5) is 11.2. The number of nitrogens with zero attached hydrogens (tertiary/aromatic N) is 4. The van der Waals surface area contributed by atoms with E-state index in [-0.39, 0.29) is 55.7 Å². The van der Waals surface area contributed by atoms with Crippen LogP contribution in [0.25, 0.3) is 21.9 Å². The third kappa shape index (κ3) is 7.40. The summed E-state index contributed by atoms with van der Waals surface area (Å²) >= 11 is 0. The third-order valence-electron chi connectivity index (χ3n) is 26.2. The first-order valence-corrected chi connectivity index (χ1v) is 34.7. The molecule has 1 aromatic heterocycles. The van der Waals surface area contributed by atoms with Crippen LogP contribution in [-0.4, -0.2) is 17.8 Å². The number of hydrogen-bond acceptors (Lipinski definition) is 5. The minimum absolute atomic E-state index is 0.00558. The molecule has 4 unspecified atom stereocenters. The maximum absolute atomic E-state index is 6.96. The molecule has 458 valence electrons. The topological polar surface area (TPSA) is 26.1 Å².